The van der Waals surface area contributed by atoms with Crippen LogP contribution in [0, 0.1) is 6.57 Å². The molecular weight excluding hydrogens is 470 g/mol. The average molecular weight is 492 g/mol. The van der Waals surface area contributed by atoms with Crippen LogP contribution in [0.3, 0.4) is 0 Å². The Kier molecular flexibility index (Phi) is 6.13. The van der Waals surface area contributed by atoms with Crippen molar-refractivity contribution in [3.63, 3.8) is 0 Å². The number of aromatic nitrogens is 6. The third kappa shape index (κ3) is 4.39. The van der Waals surface area contributed by atoms with E-state index in [1.165, 1.54) is 13.3 Å². The van der Waals surface area contributed by atoms with Gasteiger partial charge >= 0.3 is 6.01 Å². The monoisotopic (exact) mass is 491 g/mol. The first kappa shape index (κ1) is 23.4. The van der Waals surface area contributed by atoms with Crippen molar-refractivity contribution in [2.75, 3.05) is 18.2 Å². The lowest BCUT2D eigenvalue weighted by Crippen LogP contribution is -2.27. The summed E-state index contributed by atoms with van der Waals surface area (Å²) in [5, 5.41) is 3.60. The van der Waals surface area contributed by atoms with Crippen LogP contribution >= 0.6 is 0 Å². The third-order valence-corrected chi connectivity index (χ3v) is 5.71. The Hall–Kier alpha value is -5.37. The van der Waals surface area contributed by atoms with E-state index < -0.39 is 6.04 Å². The molecule has 0 fully saturated rings. The van der Waals surface area contributed by atoms with Gasteiger partial charge in [-0.3, -0.25) is 9.36 Å². The number of nitrogens with two attached hydrogens (primary N) is 1. The number of anilines is 2. The molecule has 5 aromatic rings. The van der Waals surface area contributed by atoms with E-state index >= 15 is 0 Å². The zero-order valence-corrected chi connectivity index (χ0v) is 20.0. The molecule has 0 bridgehead atoms. The first-order valence-electron chi connectivity index (χ1n) is 11.2. The van der Waals surface area contributed by atoms with E-state index in [0.29, 0.717) is 33.5 Å². The van der Waals surface area contributed by atoms with Crippen molar-refractivity contribution >= 4 is 28.4 Å². The van der Waals surface area contributed by atoms with Crippen molar-refractivity contribution in [1.82, 2.24) is 29.5 Å². The number of nitrogens with zero attached hydrogens (tertiary/aromatic N) is 7. The molecule has 2 aromatic carbocycles. The maximum Gasteiger partial charge on any atom is 0.316 e. The average Bonchev–Trinajstić information content (AvgIpc) is 2.93. The van der Waals surface area contributed by atoms with E-state index in [4.69, 9.17) is 22.0 Å². The first-order valence-corrected chi connectivity index (χ1v) is 11.2. The molecule has 3 N–H and O–H groups in total. The van der Waals surface area contributed by atoms with Crippen molar-refractivity contribution < 1.29 is 4.74 Å². The Morgan fingerprint density at radius 2 is 1.78 bits per heavy atom. The molecule has 0 unspecified atom stereocenters. The van der Waals surface area contributed by atoms with Gasteiger partial charge < -0.3 is 15.8 Å². The highest BCUT2D eigenvalue weighted by molar-refractivity contribution is 5.94. The number of hydrogen-bond donors (Lipinski definition) is 2. The fourth-order valence-corrected chi connectivity index (χ4v) is 4.01. The molecule has 37 heavy (non-hydrogen) atoms. The summed E-state index contributed by atoms with van der Waals surface area (Å²) in [5.41, 5.74) is 8.13. The summed E-state index contributed by atoms with van der Waals surface area (Å²) in [4.78, 5) is 38.9. The molecule has 0 spiro atoms. The van der Waals surface area contributed by atoms with Gasteiger partial charge in [0, 0.05) is 24.2 Å². The van der Waals surface area contributed by atoms with E-state index in [-0.39, 0.29) is 29.0 Å². The minimum atomic E-state index is -0.528. The van der Waals surface area contributed by atoms with Gasteiger partial charge in [0.25, 0.3) is 5.56 Å². The van der Waals surface area contributed by atoms with Crippen LogP contribution in [0.5, 0.6) is 6.01 Å². The minimum Gasteiger partial charge on any atom is -0.467 e. The molecular formula is C26H21N9O2. The summed E-state index contributed by atoms with van der Waals surface area (Å²) in [5.74, 6) is 0.716. The maximum absolute atomic E-state index is 14.1. The number of fused-ring (bicyclic) bond motifs is 1. The Morgan fingerprint density at radius 1 is 1.03 bits per heavy atom. The lowest BCUT2D eigenvalue weighted by atomic mass is 10.0. The lowest BCUT2D eigenvalue weighted by Gasteiger charge is -2.21. The molecule has 0 amide bonds. The molecule has 0 saturated carbocycles. The van der Waals surface area contributed by atoms with E-state index in [2.05, 4.69) is 30.1 Å². The number of rotatable bonds is 6. The lowest BCUT2D eigenvalue weighted by molar-refractivity contribution is 0.380. The summed E-state index contributed by atoms with van der Waals surface area (Å²) >= 11 is 0. The quantitative estimate of drug-likeness (QED) is 0.338. The molecule has 0 saturated heterocycles. The second kappa shape index (κ2) is 9.71. The number of benzene rings is 2. The van der Waals surface area contributed by atoms with Gasteiger partial charge in [0.05, 0.1) is 36.3 Å². The molecule has 0 aliphatic heterocycles. The smallest absolute Gasteiger partial charge is 0.316 e. The molecule has 3 heterocycles. The van der Waals surface area contributed by atoms with Crippen molar-refractivity contribution in [2.45, 2.75) is 13.0 Å². The van der Waals surface area contributed by atoms with Crippen LogP contribution in [0.15, 0.2) is 71.9 Å². The molecule has 1 atom stereocenters. The van der Waals surface area contributed by atoms with Crippen molar-refractivity contribution in [2.24, 2.45) is 0 Å². The van der Waals surface area contributed by atoms with Crippen molar-refractivity contribution in [3.8, 4) is 22.8 Å². The molecule has 3 aromatic heterocycles. The fraction of sp³-hybridized carbons (Fsp3) is 0.115. The second-order valence-electron chi connectivity index (χ2n) is 8.04. The molecule has 182 valence electrons. The van der Waals surface area contributed by atoms with Crippen LogP contribution in [0.4, 0.5) is 17.5 Å². The van der Waals surface area contributed by atoms with Gasteiger partial charge in [-0.05, 0) is 30.7 Å². The van der Waals surface area contributed by atoms with Crippen molar-refractivity contribution in [1.29, 1.82) is 0 Å². The van der Waals surface area contributed by atoms with Gasteiger partial charge in [0.2, 0.25) is 11.6 Å². The number of nitrogen functional groups attached to an aromatic ring is 1. The number of ether oxygens (including phenoxy) is 1. The Balaban J connectivity index is 1.73. The molecule has 5 rings (SSSR count). The van der Waals surface area contributed by atoms with Crippen LogP contribution < -0.4 is 21.3 Å². The van der Waals surface area contributed by atoms with Crippen LogP contribution in [0.25, 0.3) is 32.6 Å². The van der Waals surface area contributed by atoms with Gasteiger partial charge in [-0.25, -0.2) is 29.8 Å². The van der Waals surface area contributed by atoms with E-state index in [9.17, 15) is 4.79 Å². The number of methoxy groups -OCH3 is 1. The fourth-order valence-electron chi connectivity index (χ4n) is 4.01. The summed E-state index contributed by atoms with van der Waals surface area (Å²) in [6, 6.07) is 14.4. The summed E-state index contributed by atoms with van der Waals surface area (Å²) in [7, 11) is 1.49. The van der Waals surface area contributed by atoms with Gasteiger partial charge in [-0.1, -0.05) is 30.3 Å². The molecule has 11 nitrogen and oxygen atoms in total. The minimum absolute atomic E-state index is 0.0281. The Morgan fingerprint density at radius 3 is 2.49 bits per heavy atom. The van der Waals surface area contributed by atoms with Crippen molar-refractivity contribution in [3.05, 3.63) is 94.7 Å². The van der Waals surface area contributed by atoms with Gasteiger partial charge in [-0.2, -0.15) is 0 Å². The van der Waals surface area contributed by atoms with Crippen LogP contribution in [-0.4, -0.2) is 36.6 Å². The van der Waals surface area contributed by atoms with E-state index in [1.54, 1.807) is 23.0 Å². The SMILES string of the molecule is [C-]#[N+]c1cnc(N)nc1N[C@@H](C)c1nc2cccc(-c3cnc(OC)nc3)c2c(=O)n1-c1ccccc1. The predicted molar refractivity (Wildman–Crippen MR) is 140 cm³/mol. The Labute approximate surface area is 211 Å². The zero-order valence-electron chi connectivity index (χ0n) is 20.0. The van der Waals surface area contributed by atoms with Gasteiger partial charge in [0.15, 0.2) is 0 Å². The van der Waals surface area contributed by atoms with Crippen LogP contribution in [0.1, 0.15) is 18.8 Å². The second-order valence-corrected chi connectivity index (χ2v) is 8.04. The van der Waals surface area contributed by atoms with E-state index in [1.807, 2.05) is 49.4 Å². The van der Waals surface area contributed by atoms with Crippen LogP contribution in [-0.2, 0) is 0 Å². The number of hydrogen-bond acceptors (Lipinski definition) is 9. The topological polar surface area (TPSA) is 138 Å². The largest absolute Gasteiger partial charge is 0.467 e. The van der Waals surface area contributed by atoms with Crippen LogP contribution in [0.2, 0.25) is 0 Å². The standard InChI is InChI=1S/C26H21N9O2/c1-15(32-22-20(28-2)14-29-25(27)34-22)23-33-19-11-7-10-18(16-12-30-26(37-3)31-13-16)21(19)24(36)35(23)17-8-5-4-6-9-17/h4-15H,1,3H3,(H3,27,29,32,34)/t15-/m0/s1. The van der Waals surface area contributed by atoms with E-state index in [0.717, 1.165) is 0 Å². The summed E-state index contributed by atoms with van der Waals surface area (Å²) in [6.07, 6.45) is 4.57. The molecule has 0 aliphatic rings. The zero-order chi connectivity index (χ0) is 25.9. The summed E-state index contributed by atoms with van der Waals surface area (Å²) in [6.45, 7) is 9.26. The molecule has 11 heteroatoms. The van der Waals surface area contributed by atoms with Gasteiger partial charge in [-0.15, -0.1) is 0 Å². The normalized spacial score (nSPS) is 11.6. The summed E-state index contributed by atoms with van der Waals surface area (Å²) < 4.78 is 6.62. The third-order valence-electron chi connectivity index (χ3n) is 5.71. The highest BCUT2D eigenvalue weighted by Gasteiger charge is 2.21. The predicted octanol–water partition coefficient (Wildman–Crippen LogP) is 3.95. The highest BCUT2D eigenvalue weighted by atomic mass is 16.5. The van der Waals surface area contributed by atoms with Gasteiger partial charge in [0.1, 0.15) is 11.6 Å². The number of para-hydroxylation sites is 1. The maximum atomic E-state index is 14.1. The Bertz CT molecular complexity index is 1690. The molecule has 0 radical (unpaired) electrons. The number of nitrogens with one attached hydrogen (secondary N) is 1. The molecule has 0 aliphatic carbocycles. The first-order chi connectivity index (χ1) is 18.0. The highest BCUT2D eigenvalue weighted by Crippen LogP contribution is 2.30.